The quantitative estimate of drug-likeness (QED) is 0.145. The Bertz CT molecular complexity index is 3750. The van der Waals surface area contributed by atoms with Crippen molar-refractivity contribution in [3.05, 3.63) is 283 Å². The lowest BCUT2D eigenvalue weighted by molar-refractivity contribution is 0.768. The summed E-state index contributed by atoms with van der Waals surface area (Å²) in [6.07, 6.45) is 0. The Kier molecular flexibility index (Phi) is 8.82. The van der Waals surface area contributed by atoms with Gasteiger partial charge in [-0.25, -0.2) is 0 Å². The molecule has 66 heavy (non-hydrogen) atoms. The Hall–Kier alpha value is -8.52. The third kappa shape index (κ3) is 5.87. The van der Waals surface area contributed by atoms with Crippen LogP contribution in [0.25, 0.3) is 76.5 Å². The van der Waals surface area contributed by atoms with Crippen LogP contribution in [0.4, 0.5) is 17.1 Å². The summed E-state index contributed by atoms with van der Waals surface area (Å²) in [5.74, 6) is 0. The van der Waals surface area contributed by atoms with Crippen LogP contribution in [0.3, 0.4) is 0 Å². The van der Waals surface area contributed by atoms with E-state index in [4.69, 9.17) is 0 Å². The number of benzene rings is 12. The van der Waals surface area contributed by atoms with Gasteiger partial charge in [-0.1, -0.05) is 218 Å². The average Bonchev–Trinajstić information content (AvgIpc) is 3.69. The second-order valence-corrected chi connectivity index (χ2v) is 17.6. The van der Waals surface area contributed by atoms with E-state index >= 15 is 0 Å². The van der Waals surface area contributed by atoms with Crippen LogP contribution in [-0.4, -0.2) is 0 Å². The van der Waals surface area contributed by atoms with Gasteiger partial charge in [0.2, 0.25) is 0 Å². The molecule has 0 aromatic heterocycles. The molecule has 308 valence electrons. The average molecular weight is 838 g/mol. The van der Waals surface area contributed by atoms with Crippen LogP contribution < -0.4 is 4.90 Å². The van der Waals surface area contributed by atoms with E-state index in [1.54, 1.807) is 0 Å². The van der Waals surface area contributed by atoms with Gasteiger partial charge in [-0.15, -0.1) is 0 Å². The summed E-state index contributed by atoms with van der Waals surface area (Å²) >= 11 is 0. The minimum Gasteiger partial charge on any atom is -0.310 e. The summed E-state index contributed by atoms with van der Waals surface area (Å²) in [7, 11) is 0. The molecule has 0 atom stereocenters. The van der Waals surface area contributed by atoms with Gasteiger partial charge in [0, 0.05) is 17.1 Å². The first kappa shape index (κ1) is 38.0. The highest BCUT2D eigenvalue weighted by Gasteiger charge is 2.46. The van der Waals surface area contributed by atoms with Crippen molar-refractivity contribution in [1.82, 2.24) is 0 Å². The molecule has 0 saturated carbocycles. The Balaban J connectivity index is 1.05. The molecule has 0 aliphatic heterocycles. The lowest BCUT2D eigenvalue weighted by Gasteiger charge is -2.35. The van der Waals surface area contributed by atoms with Gasteiger partial charge in [-0.3, -0.25) is 0 Å². The summed E-state index contributed by atoms with van der Waals surface area (Å²) in [5.41, 5.74) is 15.2. The fourth-order valence-electron chi connectivity index (χ4n) is 11.2. The molecular formula is C65H43N. The summed E-state index contributed by atoms with van der Waals surface area (Å²) in [5, 5.41) is 10.1. The zero-order valence-corrected chi connectivity index (χ0v) is 36.3. The maximum Gasteiger partial charge on any atom is 0.0714 e. The van der Waals surface area contributed by atoms with Crippen LogP contribution in [0.2, 0.25) is 0 Å². The second kappa shape index (κ2) is 15.3. The molecule has 0 radical (unpaired) electrons. The van der Waals surface area contributed by atoms with E-state index in [0.29, 0.717) is 0 Å². The largest absolute Gasteiger partial charge is 0.310 e. The van der Waals surface area contributed by atoms with Gasteiger partial charge >= 0.3 is 0 Å². The Morgan fingerprint density at radius 1 is 0.242 bits per heavy atom. The zero-order valence-electron chi connectivity index (χ0n) is 36.3. The maximum atomic E-state index is 2.48. The first-order chi connectivity index (χ1) is 32.7. The number of anilines is 3. The third-order valence-corrected chi connectivity index (χ3v) is 14.1. The monoisotopic (exact) mass is 837 g/mol. The summed E-state index contributed by atoms with van der Waals surface area (Å²) in [6.45, 7) is 0. The Morgan fingerprint density at radius 3 is 1.44 bits per heavy atom. The molecule has 0 bridgehead atoms. The molecule has 0 spiro atoms. The number of fused-ring (bicyclic) bond motifs is 10. The Morgan fingerprint density at radius 2 is 0.712 bits per heavy atom. The molecule has 0 heterocycles. The summed E-state index contributed by atoms with van der Waals surface area (Å²) in [4.78, 5) is 2.48. The first-order valence-corrected chi connectivity index (χ1v) is 22.9. The van der Waals surface area contributed by atoms with E-state index in [-0.39, 0.29) is 0 Å². The van der Waals surface area contributed by atoms with Crippen LogP contribution in [-0.2, 0) is 5.41 Å². The SMILES string of the molecule is c1ccc(C2(c3ccccc3)c3ccccc3-c3ccc(N(c4cccc(-c5cccc(-c6cccc7ccccc67)c5)c4)c4ccc5c6ccccc6c6ccccc6c5c4)cc32)cc1. The molecule has 12 aromatic carbocycles. The van der Waals surface area contributed by atoms with Crippen molar-refractivity contribution in [3.8, 4) is 33.4 Å². The molecular weight excluding hydrogens is 795 g/mol. The topological polar surface area (TPSA) is 3.24 Å². The molecule has 1 aliphatic carbocycles. The van der Waals surface area contributed by atoms with Gasteiger partial charge in [-0.05, 0) is 141 Å². The molecule has 1 aliphatic rings. The van der Waals surface area contributed by atoms with Crippen LogP contribution in [0.5, 0.6) is 0 Å². The van der Waals surface area contributed by atoms with Crippen molar-refractivity contribution < 1.29 is 0 Å². The van der Waals surface area contributed by atoms with Crippen LogP contribution in [0.15, 0.2) is 261 Å². The standard InChI is InChI=1S/C65H43N/c1-3-23-48(24-4-1)65(49-25-5-2-6-26-49)63-35-14-13-33-60(63)61-39-37-52(43-64(61)65)66(51-36-38-59-57-31-10-9-29-55(57)56-30-11-12-32-58(56)62(59)42-51)50-27-16-21-46(41-50)45-20-15-22-47(40-45)54-34-17-19-44-18-7-8-28-53(44)54/h1-43H. The molecule has 0 fully saturated rings. The Labute approximate surface area is 385 Å². The van der Waals surface area contributed by atoms with E-state index in [9.17, 15) is 0 Å². The lowest BCUT2D eigenvalue weighted by Crippen LogP contribution is -2.28. The summed E-state index contributed by atoms with van der Waals surface area (Å²) in [6, 6.07) is 96.5. The minimum absolute atomic E-state index is 0.529. The molecule has 0 unspecified atom stereocenters. The van der Waals surface area contributed by atoms with Crippen molar-refractivity contribution in [2.75, 3.05) is 4.90 Å². The van der Waals surface area contributed by atoms with Gasteiger partial charge in [0.15, 0.2) is 0 Å². The smallest absolute Gasteiger partial charge is 0.0714 e. The zero-order chi connectivity index (χ0) is 43.6. The highest BCUT2D eigenvalue weighted by molar-refractivity contribution is 6.25. The third-order valence-electron chi connectivity index (χ3n) is 14.1. The molecule has 0 amide bonds. The molecule has 0 N–H and O–H groups in total. The van der Waals surface area contributed by atoms with Crippen molar-refractivity contribution >= 4 is 60.2 Å². The van der Waals surface area contributed by atoms with Crippen LogP contribution in [0.1, 0.15) is 22.3 Å². The van der Waals surface area contributed by atoms with E-state index in [0.717, 1.165) is 22.6 Å². The predicted octanol–water partition coefficient (Wildman–Crippen LogP) is 17.5. The fraction of sp³-hybridized carbons (Fsp3) is 0.0154. The van der Waals surface area contributed by atoms with Gasteiger partial charge in [0.1, 0.15) is 0 Å². The van der Waals surface area contributed by atoms with Crippen molar-refractivity contribution in [2.24, 2.45) is 0 Å². The number of hydrogen-bond acceptors (Lipinski definition) is 1. The molecule has 12 aromatic rings. The molecule has 13 rings (SSSR count). The number of rotatable bonds is 7. The lowest BCUT2D eigenvalue weighted by atomic mass is 9.67. The first-order valence-electron chi connectivity index (χ1n) is 22.9. The maximum absolute atomic E-state index is 2.48. The molecule has 0 saturated heterocycles. The van der Waals surface area contributed by atoms with Crippen LogP contribution in [0, 0.1) is 0 Å². The van der Waals surface area contributed by atoms with Gasteiger partial charge < -0.3 is 4.90 Å². The minimum atomic E-state index is -0.529. The van der Waals surface area contributed by atoms with Crippen molar-refractivity contribution in [2.45, 2.75) is 5.41 Å². The van der Waals surface area contributed by atoms with Crippen molar-refractivity contribution in [3.63, 3.8) is 0 Å². The predicted molar refractivity (Wildman–Crippen MR) is 279 cm³/mol. The molecule has 1 heteroatoms. The van der Waals surface area contributed by atoms with E-state index in [2.05, 4.69) is 266 Å². The van der Waals surface area contributed by atoms with Gasteiger partial charge in [0.25, 0.3) is 0 Å². The van der Waals surface area contributed by atoms with Gasteiger partial charge in [0.05, 0.1) is 5.41 Å². The number of hydrogen-bond donors (Lipinski definition) is 0. The fourth-order valence-corrected chi connectivity index (χ4v) is 11.2. The summed E-state index contributed by atoms with van der Waals surface area (Å²) < 4.78 is 0. The van der Waals surface area contributed by atoms with Gasteiger partial charge in [-0.2, -0.15) is 0 Å². The highest BCUT2D eigenvalue weighted by atomic mass is 15.1. The van der Waals surface area contributed by atoms with E-state index < -0.39 is 5.41 Å². The van der Waals surface area contributed by atoms with E-state index in [1.807, 2.05) is 0 Å². The van der Waals surface area contributed by atoms with Crippen molar-refractivity contribution in [1.29, 1.82) is 0 Å². The normalized spacial score (nSPS) is 12.7. The second-order valence-electron chi connectivity index (χ2n) is 17.6. The molecule has 1 nitrogen and oxygen atoms in total. The van der Waals surface area contributed by atoms with E-state index in [1.165, 1.54) is 93.2 Å². The van der Waals surface area contributed by atoms with Crippen LogP contribution >= 0.6 is 0 Å². The number of nitrogens with zero attached hydrogens (tertiary/aromatic N) is 1. The highest BCUT2D eigenvalue weighted by Crippen LogP contribution is 2.57.